The lowest BCUT2D eigenvalue weighted by Gasteiger charge is -2.11. The topological polar surface area (TPSA) is 43.8 Å². The number of halogens is 3. The lowest BCUT2D eigenvalue weighted by Crippen LogP contribution is -2.02. The fourth-order valence-corrected chi connectivity index (χ4v) is 3.27. The van der Waals surface area contributed by atoms with Gasteiger partial charge >= 0.3 is 0 Å². The van der Waals surface area contributed by atoms with E-state index in [4.69, 9.17) is 17.3 Å². The number of fused-ring (bicyclic) bond motifs is 1. The van der Waals surface area contributed by atoms with Crippen molar-refractivity contribution in [3.8, 4) is 5.69 Å². The molecule has 0 aliphatic carbocycles. The predicted octanol–water partition coefficient (Wildman–Crippen LogP) is 5.09. The highest BCUT2D eigenvalue weighted by molar-refractivity contribution is 9.10. The summed E-state index contributed by atoms with van der Waals surface area (Å²) >= 11 is 13.2. The molecule has 0 saturated heterocycles. The normalized spacial score (nSPS) is 11.2. The van der Waals surface area contributed by atoms with E-state index in [0.29, 0.717) is 11.0 Å². The van der Waals surface area contributed by atoms with E-state index in [1.807, 2.05) is 41.8 Å². The van der Waals surface area contributed by atoms with Gasteiger partial charge in [0.2, 0.25) is 5.95 Å². The molecule has 2 aromatic carbocycles. The van der Waals surface area contributed by atoms with E-state index in [0.717, 1.165) is 31.2 Å². The first-order valence-electron chi connectivity index (χ1n) is 5.87. The molecule has 0 aliphatic rings. The van der Waals surface area contributed by atoms with Crippen LogP contribution in [-0.4, -0.2) is 9.55 Å². The Balaban J connectivity index is 2.35. The van der Waals surface area contributed by atoms with Crippen LogP contribution in [0.5, 0.6) is 0 Å². The van der Waals surface area contributed by atoms with Crippen molar-refractivity contribution in [1.29, 1.82) is 0 Å². The van der Waals surface area contributed by atoms with E-state index in [-0.39, 0.29) is 0 Å². The first-order valence-corrected chi connectivity index (χ1v) is 7.83. The molecule has 1 heterocycles. The van der Waals surface area contributed by atoms with Gasteiger partial charge in [-0.3, -0.25) is 4.57 Å². The van der Waals surface area contributed by atoms with Crippen LogP contribution in [0.1, 0.15) is 5.56 Å². The van der Waals surface area contributed by atoms with Crippen LogP contribution in [0.2, 0.25) is 5.02 Å². The van der Waals surface area contributed by atoms with Gasteiger partial charge in [-0.25, -0.2) is 4.98 Å². The Bertz CT molecular complexity index is 827. The molecule has 0 amide bonds. The molecule has 3 aromatic rings. The van der Waals surface area contributed by atoms with Crippen LogP contribution in [0.15, 0.2) is 39.3 Å². The van der Waals surface area contributed by atoms with Crippen molar-refractivity contribution < 1.29 is 0 Å². The Kier molecular flexibility index (Phi) is 3.52. The number of anilines is 1. The predicted molar refractivity (Wildman–Crippen MR) is 90.6 cm³/mol. The maximum absolute atomic E-state index is 6.23. The largest absolute Gasteiger partial charge is 0.369 e. The maximum Gasteiger partial charge on any atom is 0.205 e. The second kappa shape index (κ2) is 5.06. The molecule has 20 heavy (non-hydrogen) atoms. The molecular weight excluding hydrogens is 405 g/mol. The number of imidazole rings is 1. The van der Waals surface area contributed by atoms with Crippen molar-refractivity contribution in [3.63, 3.8) is 0 Å². The number of hydrogen-bond acceptors (Lipinski definition) is 2. The first kappa shape index (κ1) is 13.9. The standard InChI is InChI=1S/C14H10Br2ClN3/c1-7-4-9(16)13(6-10(7)17)20-12-3-2-8(15)5-11(12)19-14(20)18/h2-6H,1H3,(H2,18,19). The van der Waals surface area contributed by atoms with Gasteiger partial charge in [-0.05, 0) is 58.7 Å². The molecule has 0 radical (unpaired) electrons. The van der Waals surface area contributed by atoms with E-state index in [9.17, 15) is 0 Å². The summed E-state index contributed by atoms with van der Waals surface area (Å²) < 4.78 is 3.78. The van der Waals surface area contributed by atoms with Crippen LogP contribution >= 0.6 is 43.5 Å². The Morgan fingerprint density at radius 2 is 1.95 bits per heavy atom. The summed E-state index contributed by atoms with van der Waals surface area (Å²) in [7, 11) is 0. The third-order valence-electron chi connectivity index (χ3n) is 3.11. The third kappa shape index (κ3) is 2.24. The Labute approximate surface area is 138 Å². The molecule has 102 valence electrons. The van der Waals surface area contributed by atoms with Gasteiger partial charge in [-0.15, -0.1) is 0 Å². The maximum atomic E-state index is 6.23. The zero-order chi connectivity index (χ0) is 14.4. The van der Waals surface area contributed by atoms with Crippen molar-refractivity contribution in [2.45, 2.75) is 6.92 Å². The number of nitrogens with zero attached hydrogens (tertiary/aromatic N) is 2. The van der Waals surface area contributed by atoms with Crippen molar-refractivity contribution in [2.75, 3.05) is 5.73 Å². The molecule has 3 rings (SSSR count). The summed E-state index contributed by atoms with van der Waals surface area (Å²) in [6.07, 6.45) is 0. The van der Waals surface area contributed by atoms with Crippen LogP contribution in [0.25, 0.3) is 16.7 Å². The summed E-state index contributed by atoms with van der Waals surface area (Å²) in [5.74, 6) is 0.429. The quantitative estimate of drug-likeness (QED) is 0.601. The highest BCUT2D eigenvalue weighted by Crippen LogP contribution is 2.33. The fourth-order valence-electron chi connectivity index (χ4n) is 2.13. The molecule has 6 heteroatoms. The number of nitrogens with two attached hydrogens (primary N) is 1. The molecule has 0 bridgehead atoms. The minimum absolute atomic E-state index is 0.429. The van der Waals surface area contributed by atoms with Crippen LogP contribution in [0.4, 0.5) is 5.95 Å². The van der Waals surface area contributed by atoms with E-state index >= 15 is 0 Å². The molecule has 0 aliphatic heterocycles. The number of hydrogen-bond donors (Lipinski definition) is 1. The zero-order valence-electron chi connectivity index (χ0n) is 10.5. The molecule has 2 N–H and O–H groups in total. The van der Waals surface area contributed by atoms with E-state index in [1.165, 1.54) is 0 Å². The highest BCUT2D eigenvalue weighted by Gasteiger charge is 2.14. The summed E-state index contributed by atoms with van der Waals surface area (Å²) in [6, 6.07) is 9.74. The van der Waals surface area contributed by atoms with Crippen LogP contribution in [-0.2, 0) is 0 Å². The molecule has 0 saturated carbocycles. The van der Waals surface area contributed by atoms with Crippen LogP contribution in [0, 0.1) is 6.92 Å². The van der Waals surface area contributed by atoms with Crippen molar-refractivity contribution >= 4 is 60.4 Å². The molecule has 0 unspecified atom stereocenters. The lowest BCUT2D eigenvalue weighted by molar-refractivity contribution is 1.10. The number of rotatable bonds is 1. The number of aryl methyl sites for hydroxylation is 1. The van der Waals surface area contributed by atoms with E-state index in [1.54, 1.807) is 0 Å². The SMILES string of the molecule is Cc1cc(Br)c(-n2c(N)nc3cc(Br)ccc32)cc1Cl. The second-order valence-corrected chi connectivity index (χ2v) is 6.67. The van der Waals surface area contributed by atoms with Gasteiger partial charge in [0.15, 0.2) is 0 Å². The minimum Gasteiger partial charge on any atom is -0.369 e. The van der Waals surface area contributed by atoms with Gasteiger partial charge < -0.3 is 5.73 Å². The Hall–Kier alpha value is -1.04. The molecule has 1 aromatic heterocycles. The molecule has 3 nitrogen and oxygen atoms in total. The van der Waals surface area contributed by atoms with Crippen molar-refractivity contribution in [3.05, 3.63) is 49.9 Å². The van der Waals surface area contributed by atoms with Gasteiger partial charge in [0.05, 0.1) is 16.7 Å². The number of aromatic nitrogens is 2. The number of nitrogen functional groups attached to an aromatic ring is 1. The van der Waals surface area contributed by atoms with Gasteiger partial charge in [-0.2, -0.15) is 0 Å². The van der Waals surface area contributed by atoms with Crippen LogP contribution in [0.3, 0.4) is 0 Å². The summed E-state index contributed by atoms with van der Waals surface area (Å²) in [6.45, 7) is 1.96. The number of benzene rings is 2. The van der Waals surface area contributed by atoms with Gasteiger partial charge in [0, 0.05) is 14.0 Å². The first-order chi connectivity index (χ1) is 9.47. The monoisotopic (exact) mass is 413 g/mol. The zero-order valence-corrected chi connectivity index (χ0v) is 14.4. The smallest absolute Gasteiger partial charge is 0.205 e. The highest BCUT2D eigenvalue weighted by atomic mass is 79.9. The van der Waals surface area contributed by atoms with E-state index in [2.05, 4.69) is 36.8 Å². The molecule has 0 atom stereocenters. The van der Waals surface area contributed by atoms with Crippen molar-refractivity contribution in [1.82, 2.24) is 9.55 Å². The lowest BCUT2D eigenvalue weighted by atomic mass is 10.2. The average molecular weight is 416 g/mol. The minimum atomic E-state index is 0.429. The summed E-state index contributed by atoms with van der Waals surface area (Å²) in [5, 5.41) is 0.696. The van der Waals surface area contributed by atoms with E-state index < -0.39 is 0 Å². The summed E-state index contributed by atoms with van der Waals surface area (Å²) in [4.78, 5) is 4.39. The van der Waals surface area contributed by atoms with Crippen LogP contribution < -0.4 is 5.73 Å². The molecule has 0 fully saturated rings. The fraction of sp³-hybridized carbons (Fsp3) is 0.0714. The van der Waals surface area contributed by atoms with Gasteiger partial charge in [0.1, 0.15) is 0 Å². The van der Waals surface area contributed by atoms with Crippen molar-refractivity contribution in [2.24, 2.45) is 0 Å². The Morgan fingerprint density at radius 3 is 2.70 bits per heavy atom. The van der Waals surface area contributed by atoms with Gasteiger partial charge in [-0.1, -0.05) is 27.5 Å². The molecule has 0 spiro atoms. The average Bonchev–Trinajstić information content (AvgIpc) is 2.69. The third-order valence-corrected chi connectivity index (χ3v) is 4.65. The second-order valence-electron chi connectivity index (χ2n) is 4.49. The summed E-state index contributed by atoms with van der Waals surface area (Å²) in [5.41, 5.74) is 9.72. The Morgan fingerprint density at radius 1 is 1.20 bits per heavy atom. The van der Waals surface area contributed by atoms with Gasteiger partial charge in [0.25, 0.3) is 0 Å². The molecular formula is C14H10Br2ClN3.